The van der Waals surface area contributed by atoms with Gasteiger partial charge in [-0.05, 0) is 101 Å². The number of nitrogens with zero attached hydrogens (tertiary/aromatic N) is 6. The summed E-state index contributed by atoms with van der Waals surface area (Å²) in [6.45, 7) is 2.98. The Hall–Kier alpha value is -3.43. The molecule has 0 aliphatic heterocycles. The maximum Gasteiger partial charge on any atom is 0.316 e. The molecule has 0 aromatic carbocycles. The molecule has 0 atom stereocenters. The van der Waals surface area contributed by atoms with Crippen LogP contribution in [0.5, 0.6) is 6.01 Å². The minimum Gasteiger partial charge on any atom is -0.464 e. The number of halogens is 1. The lowest BCUT2D eigenvalue weighted by atomic mass is 9.41. The monoisotopic (exact) mass is 558 g/mol. The van der Waals surface area contributed by atoms with Crippen LogP contribution >= 0.6 is 0 Å². The predicted octanol–water partition coefficient (Wildman–Crippen LogP) is 5.72. The van der Waals surface area contributed by atoms with Crippen LogP contribution in [0.25, 0.3) is 11.1 Å². The van der Waals surface area contributed by atoms with E-state index < -0.39 is 11.1 Å². The van der Waals surface area contributed by atoms with Gasteiger partial charge in [-0.2, -0.15) is 4.98 Å². The molecule has 0 N–H and O–H groups in total. The number of hydrogen-bond acceptors (Lipinski definition) is 8. The first-order valence-corrected chi connectivity index (χ1v) is 15.1. The number of alkyl halides is 1. The van der Waals surface area contributed by atoms with Crippen molar-refractivity contribution in [1.82, 2.24) is 25.1 Å². The van der Waals surface area contributed by atoms with E-state index in [1.165, 1.54) is 0 Å². The zero-order chi connectivity index (χ0) is 27.9. The van der Waals surface area contributed by atoms with Gasteiger partial charge < -0.3 is 9.26 Å². The van der Waals surface area contributed by atoms with Gasteiger partial charge in [0.2, 0.25) is 11.8 Å². The molecular formula is C31H35FN6O3. The summed E-state index contributed by atoms with van der Waals surface area (Å²) in [4.78, 5) is 34.2. The van der Waals surface area contributed by atoms with Gasteiger partial charge in [0.05, 0.1) is 12.0 Å². The lowest BCUT2D eigenvalue weighted by Crippen LogP contribution is -2.71. The topological polar surface area (TPSA) is 107 Å². The summed E-state index contributed by atoms with van der Waals surface area (Å²) in [5, 5.41) is 4.30. The van der Waals surface area contributed by atoms with Gasteiger partial charge in [-0.1, -0.05) is 5.16 Å². The molecule has 3 heterocycles. The summed E-state index contributed by atoms with van der Waals surface area (Å²) in [6.07, 6.45) is 14.4. The van der Waals surface area contributed by atoms with Crippen molar-refractivity contribution in [3.63, 3.8) is 0 Å². The van der Waals surface area contributed by atoms with Crippen molar-refractivity contribution in [2.75, 3.05) is 18.1 Å². The zero-order valence-corrected chi connectivity index (χ0v) is 23.4. The second-order valence-electron chi connectivity index (χ2n) is 13.5. The number of amides is 1. The highest BCUT2D eigenvalue weighted by Gasteiger charge is 2.73. The number of fused-ring (bicyclic) bond motifs is 3. The fourth-order valence-electron chi connectivity index (χ4n) is 7.96. The van der Waals surface area contributed by atoms with E-state index in [0.29, 0.717) is 50.2 Å². The number of anilines is 1. The van der Waals surface area contributed by atoms with E-state index in [-0.39, 0.29) is 16.7 Å². The Labute approximate surface area is 238 Å². The molecule has 3 aromatic heterocycles. The van der Waals surface area contributed by atoms with Crippen LogP contribution in [0, 0.1) is 10.8 Å². The summed E-state index contributed by atoms with van der Waals surface area (Å²) >= 11 is 0. The van der Waals surface area contributed by atoms with Crippen molar-refractivity contribution in [3.05, 3.63) is 42.4 Å². The maximum absolute atomic E-state index is 14.5. The average molecular weight is 559 g/mol. The molecule has 0 saturated heterocycles. The smallest absolute Gasteiger partial charge is 0.316 e. The van der Waals surface area contributed by atoms with Crippen LogP contribution in [-0.4, -0.2) is 49.8 Å². The molecular weight excluding hydrogens is 523 g/mol. The van der Waals surface area contributed by atoms with Crippen molar-refractivity contribution >= 4 is 11.7 Å². The number of hydrogen-bond donors (Lipinski definition) is 0. The number of rotatable bonds is 9. The maximum atomic E-state index is 14.5. The lowest BCUT2D eigenvalue weighted by Gasteiger charge is -2.65. The molecule has 4 bridgehead atoms. The van der Waals surface area contributed by atoms with Crippen molar-refractivity contribution in [1.29, 1.82) is 0 Å². The molecule has 214 valence electrons. The van der Waals surface area contributed by atoms with Gasteiger partial charge in [-0.15, -0.1) is 0 Å². The first-order valence-electron chi connectivity index (χ1n) is 15.1. The van der Waals surface area contributed by atoms with E-state index in [1.807, 2.05) is 24.0 Å². The van der Waals surface area contributed by atoms with Gasteiger partial charge >= 0.3 is 6.01 Å². The Kier molecular flexibility index (Phi) is 5.42. The van der Waals surface area contributed by atoms with Gasteiger partial charge in [0, 0.05) is 42.0 Å². The number of ether oxygens (including phenoxy) is 1. The summed E-state index contributed by atoms with van der Waals surface area (Å²) in [5.74, 6) is 2.80. The molecule has 41 heavy (non-hydrogen) atoms. The molecule has 0 radical (unpaired) electrons. The van der Waals surface area contributed by atoms with E-state index in [2.05, 4.69) is 20.1 Å². The third-order valence-electron chi connectivity index (χ3n) is 10.7. The number of carbonyl (C=O) groups excluding carboxylic acids is 1. The SMILES string of the molecule is CCOc1ncc(-c2ccnc(N(CC34CCC(c5nc(C6CC6)no5)(CC3)CC4)C(=O)C34CC(F)(C3)C4)c2)cn1. The van der Waals surface area contributed by atoms with E-state index >= 15 is 0 Å². The first-order chi connectivity index (χ1) is 19.8. The fourth-order valence-corrected chi connectivity index (χ4v) is 7.96. The number of aromatic nitrogens is 5. The first kappa shape index (κ1) is 25.3. The molecule has 10 rings (SSSR count). The molecule has 7 aliphatic carbocycles. The molecule has 10 heteroatoms. The molecule has 7 saturated carbocycles. The number of pyridine rings is 1. The molecule has 7 fully saturated rings. The fraction of sp³-hybridized carbons (Fsp3) is 0.613. The van der Waals surface area contributed by atoms with E-state index in [4.69, 9.17) is 14.2 Å². The Morgan fingerprint density at radius 3 is 2.39 bits per heavy atom. The van der Waals surface area contributed by atoms with Crippen molar-refractivity contribution < 1.29 is 18.4 Å². The summed E-state index contributed by atoms with van der Waals surface area (Å²) in [5.41, 5.74) is -0.0811. The minimum absolute atomic E-state index is 0.00632. The van der Waals surface area contributed by atoms with Crippen molar-refractivity contribution in [2.24, 2.45) is 10.8 Å². The standard InChI is InChI=1S/C31H35FN6O3/c1-2-40-27-34-14-22(15-35-27)21-5-12-33-23(13-21)38(26(39)30-16-31(32,17-30)18-30)19-28-6-9-29(10-7-28,11-8-28)25-36-24(37-41-25)20-3-4-20/h5,12-15,20H,2-4,6-11,16-19H2,1H3. The van der Waals surface area contributed by atoms with Gasteiger partial charge in [-0.25, -0.2) is 19.3 Å². The molecule has 0 unspecified atom stereocenters. The van der Waals surface area contributed by atoms with Crippen LogP contribution in [0.2, 0.25) is 0 Å². The molecule has 9 nitrogen and oxygen atoms in total. The second-order valence-corrected chi connectivity index (χ2v) is 13.5. The second kappa shape index (κ2) is 8.79. The summed E-state index contributed by atoms with van der Waals surface area (Å²) in [6, 6.07) is 4.18. The van der Waals surface area contributed by atoms with E-state index in [0.717, 1.165) is 74.2 Å². The highest BCUT2D eigenvalue weighted by atomic mass is 19.1. The molecule has 1 amide bonds. The molecule has 3 aromatic rings. The van der Waals surface area contributed by atoms with Gasteiger partial charge in [0.15, 0.2) is 5.82 Å². The highest BCUT2D eigenvalue weighted by molar-refractivity contribution is 6.00. The van der Waals surface area contributed by atoms with Crippen LogP contribution in [-0.2, 0) is 10.2 Å². The van der Waals surface area contributed by atoms with Crippen LogP contribution in [0.3, 0.4) is 0 Å². The quantitative estimate of drug-likeness (QED) is 0.328. The zero-order valence-electron chi connectivity index (χ0n) is 23.4. The van der Waals surface area contributed by atoms with Crippen LogP contribution in [0.4, 0.5) is 10.2 Å². The number of carbonyl (C=O) groups is 1. The Morgan fingerprint density at radius 1 is 1.05 bits per heavy atom. The van der Waals surface area contributed by atoms with Crippen molar-refractivity contribution in [2.45, 2.75) is 94.6 Å². The van der Waals surface area contributed by atoms with Crippen LogP contribution < -0.4 is 9.64 Å². The summed E-state index contributed by atoms with van der Waals surface area (Å²) < 4.78 is 25.8. The largest absolute Gasteiger partial charge is 0.464 e. The van der Waals surface area contributed by atoms with Crippen LogP contribution in [0.1, 0.15) is 95.2 Å². The average Bonchev–Trinajstić information content (AvgIpc) is 3.70. The summed E-state index contributed by atoms with van der Waals surface area (Å²) in [7, 11) is 0. The highest BCUT2D eigenvalue weighted by Crippen LogP contribution is 2.70. The minimum atomic E-state index is -1.15. The Morgan fingerprint density at radius 2 is 1.76 bits per heavy atom. The van der Waals surface area contributed by atoms with Gasteiger partial charge in [0.25, 0.3) is 0 Å². The van der Waals surface area contributed by atoms with Crippen LogP contribution in [0.15, 0.2) is 35.2 Å². The van der Waals surface area contributed by atoms with E-state index in [9.17, 15) is 9.18 Å². The molecule has 7 aliphatic rings. The lowest BCUT2D eigenvalue weighted by molar-refractivity contribution is -0.211. The normalized spacial score (nSPS) is 33.1. The van der Waals surface area contributed by atoms with E-state index in [1.54, 1.807) is 18.6 Å². The Bertz CT molecular complexity index is 1460. The Balaban J connectivity index is 1.06. The molecule has 0 spiro atoms. The third-order valence-corrected chi connectivity index (χ3v) is 10.7. The van der Waals surface area contributed by atoms with Gasteiger partial charge in [-0.3, -0.25) is 9.69 Å². The predicted molar refractivity (Wildman–Crippen MR) is 147 cm³/mol. The van der Waals surface area contributed by atoms with Gasteiger partial charge in [0.1, 0.15) is 11.5 Å². The third kappa shape index (κ3) is 4.07. The van der Waals surface area contributed by atoms with Crippen molar-refractivity contribution in [3.8, 4) is 17.1 Å².